The molecule has 164 valence electrons. The molecule has 5 fully saturated rings. The van der Waals surface area contributed by atoms with Crippen LogP contribution in [0.5, 0.6) is 0 Å². The van der Waals surface area contributed by atoms with E-state index in [1.165, 1.54) is 69.8 Å². The van der Waals surface area contributed by atoms with Gasteiger partial charge in [0.2, 0.25) is 0 Å². The van der Waals surface area contributed by atoms with Crippen molar-refractivity contribution in [3.63, 3.8) is 0 Å². The van der Waals surface area contributed by atoms with E-state index in [2.05, 4.69) is 40.7 Å². The van der Waals surface area contributed by atoms with E-state index >= 15 is 0 Å². The fourth-order valence-electron chi connectivity index (χ4n) is 10.4. The zero-order valence-electron chi connectivity index (χ0n) is 20.1. The van der Waals surface area contributed by atoms with Crippen LogP contribution in [-0.2, 0) is 4.74 Å². The summed E-state index contributed by atoms with van der Waals surface area (Å²) in [7, 11) is 2.03. The van der Waals surface area contributed by atoms with E-state index in [1.807, 2.05) is 7.11 Å². The molecule has 5 saturated carbocycles. The molecule has 0 aromatic rings. The van der Waals surface area contributed by atoms with Crippen LogP contribution in [0.1, 0.15) is 98.8 Å². The van der Waals surface area contributed by atoms with Crippen LogP contribution in [0.3, 0.4) is 0 Å². The first-order valence-electron chi connectivity index (χ1n) is 12.9. The molecule has 0 radical (unpaired) electrons. The van der Waals surface area contributed by atoms with Gasteiger partial charge in [-0.3, -0.25) is 0 Å². The standard InChI is InChI=1S/C28H46O/c1-18(2)8-7-9-19(3)22-10-11-23-21-16-25(29-6)28-17-20(28)12-15-27(28,5)24(21)13-14-26(22,23)4/h8,19-25H,7,9-17H2,1-6H3/t19-,20-,21?,22?,23?,24?,25-,26-,27-,28?/m1/s1. The maximum atomic E-state index is 6.29. The summed E-state index contributed by atoms with van der Waals surface area (Å²) in [6.45, 7) is 12.5. The first kappa shape index (κ1) is 20.6. The molecule has 5 unspecified atom stereocenters. The number of ether oxygens (including phenoxy) is 1. The molecule has 0 heterocycles. The predicted molar refractivity (Wildman–Crippen MR) is 122 cm³/mol. The highest BCUT2D eigenvalue weighted by molar-refractivity contribution is 5.26. The Hall–Kier alpha value is -0.300. The SMILES string of the molecule is CO[C@@H]1CC2C3CCC([C@H](C)CCC=C(C)C)[C@@]3(C)CCC2[C@@]2(C)CC[C@@H]3CC312. The summed E-state index contributed by atoms with van der Waals surface area (Å²) < 4.78 is 6.29. The van der Waals surface area contributed by atoms with Gasteiger partial charge in [0.15, 0.2) is 0 Å². The Balaban J connectivity index is 1.37. The number of allylic oxidation sites excluding steroid dienone is 2. The lowest BCUT2D eigenvalue weighted by Crippen LogP contribution is -2.57. The highest BCUT2D eigenvalue weighted by Gasteiger charge is 2.77. The molecule has 0 amide bonds. The number of hydrogen-bond acceptors (Lipinski definition) is 1. The van der Waals surface area contributed by atoms with Gasteiger partial charge < -0.3 is 4.74 Å². The van der Waals surface area contributed by atoms with Crippen LogP contribution in [0.4, 0.5) is 0 Å². The van der Waals surface area contributed by atoms with Crippen molar-refractivity contribution in [2.45, 2.75) is 105 Å². The Kier molecular flexibility index (Phi) is 4.86. The second-order valence-corrected chi connectivity index (χ2v) is 12.8. The fourth-order valence-corrected chi connectivity index (χ4v) is 10.4. The van der Waals surface area contributed by atoms with Gasteiger partial charge in [-0.1, -0.05) is 32.4 Å². The second-order valence-electron chi connectivity index (χ2n) is 12.8. The fraction of sp³-hybridized carbons (Fsp3) is 0.929. The molecule has 0 saturated heterocycles. The molecule has 0 aliphatic heterocycles. The van der Waals surface area contributed by atoms with Crippen LogP contribution in [0.15, 0.2) is 11.6 Å². The average molecular weight is 399 g/mol. The molecule has 0 bridgehead atoms. The maximum absolute atomic E-state index is 6.29. The first-order valence-corrected chi connectivity index (χ1v) is 12.9. The largest absolute Gasteiger partial charge is 0.381 e. The Labute approximate surface area is 180 Å². The number of fused-ring (bicyclic) bond motifs is 4. The Morgan fingerprint density at radius 2 is 1.86 bits per heavy atom. The molecule has 5 aliphatic carbocycles. The van der Waals surface area contributed by atoms with Crippen LogP contribution in [-0.4, -0.2) is 13.2 Å². The van der Waals surface area contributed by atoms with E-state index in [0.717, 1.165) is 35.5 Å². The zero-order chi connectivity index (χ0) is 20.6. The molecular formula is C28H46O. The maximum Gasteiger partial charge on any atom is 0.0638 e. The summed E-state index contributed by atoms with van der Waals surface area (Å²) >= 11 is 0. The molecule has 5 aliphatic rings. The summed E-state index contributed by atoms with van der Waals surface area (Å²) in [4.78, 5) is 0. The molecule has 0 aromatic heterocycles. The Morgan fingerprint density at radius 3 is 2.55 bits per heavy atom. The molecule has 29 heavy (non-hydrogen) atoms. The van der Waals surface area contributed by atoms with Crippen LogP contribution < -0.4 is 0 Å². The van der Waals surface area contributed by atoms with Crippen molar-refractivity contribution in [3.8, 4) is 0 Å². The van der Waals surface area contributed by atoms with Crippen LogP contribution in [0, 0.1) is 51.8 Å². The zero-order valence-corrected chi connectivity index (χ0v) is 20.1. The van der Waals surface area contributed by atoms with Crippen molar-refractivity contribution >= 4 is 0 Å². The van der Waals surface area contributed by atoms with Gasteiger partial charge >= 0.3 is 0 Å². The van der Waals surface area contributed by atoms with Crippen molar-refractivity contribution in [2.24, 2.45) is 51.8 Å². The molecule has 0 aromatic carbocycles. The second kappa shape index (κ2) is 6.85. The van der Waals surface area contributed by atoms with Crippen molar-refractivity contribution < 1.29 is 4.74 Å². The molecule has 0 N–H and O–H groups in total. The van der Waals surface area contributed by atoms with Gasteiger partial charge in [-0.25, -0.2) is 0 Å². The van der Waals surface area contributed by atoms with Crippen LogP contribution in [0.25, 0.3) is 0 Å². The van der Waals surface area contributed by atoms with Crippen molar-refractivity contribution in [3.05, 3.63) is 11.6 Å². The predicted octanol–water partition coefficient (Wildman–Crippen LogP) is 7.65. The van der Waals surface area contributed by atoms with Crippen LogP contribution >= 0.6 is 0 Å². The molecular weight excluding hydrogens is 352 g/mol. The summed E-state index contributed by atoms with van der Waals surface area (Å²) in [5.74, 6) is 5.70. The lowest BCUT2D eigenvalue weighted by molar-refractivity contribution is -0.161. The van der Waals surface area contributed by atoms with Gasteiger partial charge in [0, 0.05) is 12.5 Å². The monoisotopic (exact) mass is 398 g/mol. The highest BCUT2D eigenvalue weighted by atomic mass is 16.5. The topological polar surface area (TPSA) is 9.23 Å². The van der Waals surface area contributed by atoms with Crippen molar-refractivity contribution in [1.29, 1.82) is 0 Å². The van der Waals surface area contributed by atoms with E-state index < -0.39 is 0 Å². The minimum Gasteiger partial charge on any atom is -0.381 e. The summed E-state index contributed by atoms with van der Waals surface area (Å²) in [5, 5.41) is 0. The van der Waals surface area contributed by atoms with Crippen LogP contribution in [0.2, 0.25) is 0 Å². The van der Waals surface area contributed by atoms with Gasteiger partial charge in [0.25, 0.3) is 0 Å². The Morgan fingerprint density at radius 1 is 1.07 bits per heavy atom. The number of hydrogen-bond donors (Lipinski definition) is 0. The van der Waals surface area contributed by atoms with E-state index in [-0.39, 0.29) is 0 Å². The lowest BCUT2D eigenvalue weighted by atomic mass is 9.45. The molecule has 5 rings (SSSR count). The van der Waals surface area contributed by atoms with Crippen molar-refractivity contribution in [2.75, 3.05) is 7.11 Å². The third-order valence-electron chi connectivity index (χ3n) is 11.8. The van der Waals surface area contributed by atoms with Gasteiger partial charge in [0.05, 0.1) is 6.10 Å². The first-order chi connectivity index (χ1) is 13.8. The number of methoxy groups -OCH3 is 1. The highest BCUT2D eigenvalue weighted by Crippen LogP contribution is 2.82. The molecule has 1 spiro atoms. The van der Waals surface area contributed by atoms with Gasteiger partial charge in [-0.2, -0.15) is 0 Å². The third-order valence-corrected chi connectivity index (χ3v) is 11.8. The minimum absolute atomic E-state index is 0.553. The third kappa shape index (κ3) is 2.68. The lowest BCUT2D eigenvalue weighted by Gasteiger charge is -2.61. The van der Waals surface area contributed by atoms with E-state index in [0.29, 0.717) is 22.3 Å². The van der Waals surface area contributed by atoms with Gasteiger partial charge in [-0.15, -0.1) is 0 Å². The van der Waals surface area contributed by atoms with E-state index in [9.17, 15) is 0 Å². The average Bonchev–Trinajstić information content (AvgIpc) is 3.18. The molecule has 10 atom stereocenters. The summed E-state index contributed by atoms with van der Waals surface area (Å²) in [5.41, 5.74) is 3.23. The normalized spacial score (nSPS) is 53.4. The van der Waals surface area contributed by atoms with Gasteiger partial charge in [-0.05, 0) is 124 Å². The van der Waals surface area contributed by atoms with E-state index in [4.69, 9.17) is 4.74 Å². The van der Waals surface area contributed by atoms with Crippen molar-refractivity contribution in [1.82, 2.24) is 0 Å². The Bertz CT molecular complexity index is 676. The summed E-state index contributed by atoms with van der Waals surface area (Å²) in [6.07, 6.45) is 17.5. The minimum atomic E-state index is 0.553. The number of rotatable bonds is 5. The van der Waals surface area contributed by atoms with Gasteiger partial charge in [0.1, 0.15) is 0 Å². The quantitative estimate of drug-likeness (QED) is 0.432. The smallest absolute Gasteiger partial charge is 0.0638 e. The van der Waals surface area contributed by atoms with E-state index in [1.54, 1.807) is 0 Å². The summed E-state index contributed by atoms with van der Waals surface area (Å²) in [6, 6.07) is 0. The molecule has 1 heteroatoms. The molecule has 1 nitrogen and oxygen atoms in total.